The predicted octanol–water partition coefficient (Wildman–Crippen LogP) is -0.887. The number of hydrogen-bond acceptors (Lipinski definition) is 6. The highest BCUT2D eigenvalue weighted by Gasteiger charge is 2.06. The number of aromatic nitrogens is 2. The average Bonchev–Trinajstić information content (AvgIpc) is 2.26. The van der Waals surface area contributed by atoms with Crippen molar-refractivity contribution in [2.75, 3.05) is 18.5 Å². The molecule has 3 N–H and O–H groups in total. The van der Waals surface area contributed by atoms with E-state index in [9.17, 15) is 0 Å². The monoisotopic (exact) mass is 194 g/mol. The minimum absolute atomic E-state index is 0.129. The molecule has 0 aliphatic rings. The average molecular weight is 194 g/mol. The highest BCUT2D eigenvalue weighted by molar-refractivity contribution is 5.46. The summed E-state index contributed by atoms with van der Waals surface area (Å²) in [4.78, 5) is 7.64. The van der Waals surface area contributed by atoms with Crippen LogP contribution in [-0.2, 0) is 0 Å². The molecule has 1 unspecified atom stereocenters. The van der Waals surface area contributed by atoms with E-state index >= 15 is 0 Å². The number of nitrogens with zero attached hydrogens (tertiary/aromatic N) is 3. The van der Waals surface area contributed by atoms with Crippen molar-refractivity contribution < 1.29 is 10.2 Å². The molecule has 1 rings (SSSR count). The Morgan fingerprint density at radius 1 is 1.50 bits per heavy atom. The smallest absolute Gasteiger partial charge is 0.182 e. The van der Waals surface area contributed by atoms with Crippen LogP contribution in [0.25, 0.3) is 0 Å². The van der Waals surface area contributed by atoms with Gasteiger partial charge in [-0.2, -0.15) is 5.26 Å². The number of anilines is 1. The van der Waals surface area contributed by atoms with E-state index in [1.807, 2.05) is 6.07 Å². The van der Waals surface area contributed by atoms with Crippen LogP contribution in [0.15, 0.2) is 12.4 Å². The standard InChI is InChI=1S/C8H10N4O2/c9-3-7-8(11-2-1-10-7)12-4-6(14)5-13/h1-2,6,13-14H,4-5H2,(H,11,12). The zero-order valence-corrected chi connectivity index (χ0v) is 7.38. The fourth-order valence-corrected chi connectivity index (χ4v) is 0.828. The van der Waals surface area contributed by atoms with Gasteiger partial charge in [0.05, 0.1) is 12.7 Å². The van der Waals surface area contributed by atoms with Gasteiger partial charge in [-0.3, -0.25) is 0 Å². The Hall–Kier alpha value is -1.71. The van der Waals surface area contributed by atoms with Crippen LogP contribution in [0.4, 0.5) is 5.82 Å². The van der Waals surface area contributed by atoms with Crippen LogP contribution < -0.4 is 5.32 Å². The minimum Gasteiger partial charge on any atom is -0.394 e. The molecule has 0 saturated carbocycles. The van der Waals surface area contributed by atoms with Crippen molar-refractivity contribution in [3.63, 3.8) is 0 Å². The number of hydrogen-bond donors (Lipinski definition) is 3. The van der Waals surface area contributed by atoms with Crippen molar-refractivity contribution >= 4 is 5.82 Å². The van der Waals surface area contributed by atoms with Gasteiger partial charge in [0.25, 0.3) is 0 Å². The summed E-state index contributed by atoms with van der Waals surface area (Å²) in [7, 11) is 0. The zero-order valence-electron chi connectivity index (χ0n) is 7.38. The molecule has 1 atom stereocenters. The van der Waals surface area contributed by atoms with Gasteiger partial charge in [0.2, 0.25) is 0 Å². The lowest BCUT2D eigenvalue weighted by atomic mass is 10.3. The highest BCUT2D eigenvalue weighted by Crippen LogP contribution is 2.05. The van der Waals surface area contributed by atoms with Gasteiger partial charge in [-0.25, -0.2) is 9.97 Å². The van der Waals surface area contributed by atoms with E-state index < -0.39 is 6.10 Å². The first-order valence-electron chi connectivity index (χ1n) is 4.02. The third-order valence-corrected chi connectivity index (χ3v) is 1.52. The van der Waals surface area contributed by atoms with Crippen LogP contribution in [0.1, 0.15) is 5.69 Å². The summed E-state index contributed by atoms with van der Waals surface area (Å²) in [6, 6.07) is 1.86. The largest absolute Gasteiger partial charge is 0.394 e. The summed E-state index contributed by atoms with van der Waals surface area (Å²) in [5.74, 6) is 0.308. The molecule has 1 heterocycles. The molecule has 6 nitrogen and oxygen atoms in total. The Kier molecular flexibility index (Phi) is 3.79. The lowest BCUT2D eigenvalue weighted by Crippen LogP contribution is -2.23. The van der Waals surface area contributed by atoms with Gasteiger partial charge in [0, 0.05) is 18.9 Å². The van der Waals surface area contributed by atoms with E-state index in [0.29, 0.717) is 5.82 Å². The third-order valence-electron chi connectivity index (χ3n) is 1.52. The number of nitrogens with one attached hydrogen (secondary N) is 1. The normalized spacial score (nSPS) is 11.8. The molecule has 14 heavy (non-hydrogen) atoms. The summed E-state index contributed by atoms with van der Waals surface area (Å²) in [6.45, 7) is -0.209. The van der Waals surface area contributed by atoms with Gasteiger partial charge < -0.3 is 15.5 Å². The molecule has 0 saturated heterocycles. The van der Waals surface area contributed by atoms with Crippen LogP contribution >= 0.6 is 0 Å². The third kappa shape index (κ3) is 2.65. The summed E-state index contributed by atoms with van der Waals surface area (Å²) in [5.41, 5.74) is 0.164. The first-order valence-corrected chi connectivity index (χ1v) is 4.02. The van der Waals surface area contributed by atoms with Gasteiger partial charge in [-0.1, -0.05) is 0 Å². The van der Waals surface area contributed by atoms with Crippen molar-refractivity contribution in [2.24, 2.45) is 0 Å². The highest BCUT2D eigenvalue weighted by atomic mass is 16.3. The Morgan fingerprint density at radius 2 is 2.21 bits per heavy atom. The van der Waals surface area contributed by atoms with Crippen molar-refractivity contribution in [1.82, 2.24) is 9.97 Å². The number of rotatable bonds is 4. The number of aliphatic hydroxyl groups is 2. The van der Waals surface area contributed by atoms with Crippen molar-refractivity contribution in [3.8, 4) is 6.07 Å². The van der Waals surface area contributed by atoms with E-state index in [4.69, 9.17) is 15.5 Å². The molecule has 0 radical (unpaired) electrons. The second-order valence-electron chi connectivity index (χ2n) is 2.58. The molecule has 1 aromatic heterocycles. The molecule has 6 heteroatoms. The number of aliphatic hydroxyl groups excluding tert-OH is 2. The maximum absolute atomic E-state index is 9.04. The van der Waals surface area contributed by atoms with Crippen LogP contribution in [0.2, 0.25) is 0 Å². The molecule has 0 bridgehead atoms. The molecular formula is C8H10N4O2. The maximum Gasteiger partial charge on any atom is 0.182 e. The second kappa shape index (κ2) is 5.11. The fraction of sp³-hybridized carbons (Fsp3) is 0.375. The van der Waals surface area contributed by atoms with Crippen LogP contribution in [-0.4, -0.2) is 39.4 Å². The van der Waals surface area contributed by atoms with E-state index in [2.05, 4.69) is 15.3 Å². The minimum atomic E-state index is -0.872. The van der Waals surface area contributed by atoms with E-state index in [-0.39, 0.29) is 18.8 Å². The van der Waals surface area contributed by atoms with Crippen molar-refractivity contribution in [2.45, 2.75) is 6.10 Å². The first kappa shape index (κ1) is 10.4. The fourth-order valence-electron chi connectivity index (χ4n) is 0.828. The topological polar surface area (TPSA) is 102 Å². The molecule has 0 spiro atoms. The molecule has 74 valence electrons. The first-order chi connectivity index (χ1) is 6.77. The Balaban J connectivity index is 2.63. The summed E-state index contributed by atoms with van der Waals surface area (Å²) in [5, 5.41) is 28.9. The van der Waals surface area contributed by atoms with Crippen LogP contribution in [0, 0.1) is 11.3 Å². The molecule has 0 amide bonds. The van der Waals surface area contributed by atoms with Gasteiger partial charge >= 0.3 is 0 Å². The van der Waals surface area contributed by atoms with Gasteiger partial charge in [0.15, 0.2) is 11.5 Å². The molecule has 1 aromatic rings. The molecular weight excluding hydrogens is 184 g/mol. The number of nitriles is 1. The van der Waals surface area contributed by atoms with Crippen LogP contribution in [0.3, 0.4) is 0 Å². The molecule has 0 aliphatic carbocycles. The van der Waals surface area contributed by atoms with Crippen LogP contribution in [0.5, 0.6) is 0 Å². The lowest BCUT2D eigenvalue weighted by Gasteiger charge is -2.09. The summed E-state index contributed by atoms with van der Waals surface area (Å²) in [6.07, 6.45) is 1.98. The second-order valence-corrected chi connectivity index (χ2v) is 2.58. The quantitative estimate of drug-likeness (QED) is 0.575. The molecule has 0 aromatic carbocycles. The lowest BCUT2D eigenvalue weighted by molar-refractivity contribution is 0.105. The Labute approximate surface area is 80.9 Å². The Morgan fingerprint density at radius 3 is 2.86 bits per heavy atom. The van der Waals surface area contributed by atoms with Crippen molar-refractivity contribution in [1.29, 1.82) is 5.26 Å². The van der Waals surface area contributed by atoms with Gasteiger partial charge in [0.1, 0.15) is 6.07 Å². The summed E-state index contributed by atoms with van der Waals surface area (Å²) >= 11 is 0. The van der Waals surface area contributed by atoms with E-state index in [0.717, 1.165) is 0 Å². The van der Waals surface area contributed by atoms with Crippen molar-refractivity contribution in [3.05, 3.63) is 18.1 Å². The summed E-state index contributed by atoms with van der Waals surface area (Å²) < 4.78 is 0. The van der Waals surface area contributed by atoms with Gasteiger partial charge in [-0.05, 0) is 0 Å². The van der Waals surface area contributed by atoms with E-state index in [1.165, 1.54) is 12.4 Å². The zero-order chi connectivity index (χ0) is 10.4. The SMILES string of the molecule is N#Cc1nccnc1NCC(O)CO. The molecule has 0 aliphatic heterocycles. The van der Waals surface area contributed by atoms with E-state index in [1.54, 1.807) is 0 Å². The molecule has 0 fully saturated rings. The van der Waals surface area contributed by atoms with Gasteiger partial charge in [-0.15, -0.1) is 0 Å². The maximum atomic E-state index is 9.04. The Bertz CT molecular complexity index is 336. The predicted molar refractivity (Wildman–Crippen MR) is 48.3 cm³/mol.